The maximum absolute atomic E-state index is 13.5. The zero-order valence-electron chi connectivity index (χ0n) is 16.4. The van der Waals surface area contributed by atoms with Crippen LogP contribution < -0.4 is 9.80 Å². The van der Waals surface area contributed by atoms with Gasteiger partial charge in [-0.1, -0.05) is 48.5 Å². The number of anilines is 2. The van der Waals surface area contributed by atoms with Crippen LogP contribution in [0.25, 0.3) is 11.4 Å². The maximum atomic E-state index is 13.5. The lowest BCUT2D eigenvalue weighted by atomic mass is 10.0. The molecule has 0 saturated carbocycles. The van der Waals surface area contributed by atoms with Gasteiger partial charge in [-0.3, -0.25) is 4.79 Å². The Balaban J connectivity index is 1.57. The Morgan fingerprint density at radius 1 is 0.828 bits per heavy atom. The van der Waals surface area contributed by atoms with Crippen molar-refractivity contribution in [3.05, 3.63) is 71.9 Å². The highest BCUT2D eigenvalue weighted by Crippen LogP contribution is 2.29. The number of hydrogen-bond acceptors (Lipinski definition) is 4. The monoisotopic (exact) mass is 384 g/mol. The Labute approximate surface area is 171 Å². The van der Waals surface area contributed by atoms with Crippen LogP contribution in [-0.4, -0.2) is 35.5 Å². The van der Waals surface area contributed by atoms with Crippen LogP contribution in [0.15, 0.2) is 60.7 Å². The number of aromatic nitrogens is 2. The van der Waals surface area contributed by atoms with Crippen LogP contribution in [0, 0.1) is 0 Å². The molecule has 0 bridgehead atoms. The molecule has 2 aliphatic rings. The summed E-state index contributed by atoms with van der Waals surface area (Å²) < 4.78 is 0. The summed E-state index contributed by atoms with van der Waals surface area (Å²) in [6.45, 7) is 2.68. The number of benzene rings is 2. The summed E-state index contributed by atoms with van der Waals surface area (Å²) in [5.74, 6) is 1.42. The summed E-state index contributed by atoms with van der Waals surface area (Å²) in [4.78, 5) is 27.2. The van der Waals surface area contributed by atoms with E-state index in [9.17, 15) is 4.79 Å². The second-order valence-corrected chi connectivity index (χ2v) is 7.68. The number of rotatable bonds is 3. The molecule has 0 aliphatic carbocycles. The van der Waals surface area contributed by atoms with Crippen molar-refractivity contribution in [1.82, 2.24) is 9.97 Å². The Bertz CT molecular complexity index is 1030. The first-order valence-electron chi connectivity index (χ1n) is 10.4. The first-order chi connectivity index (χ1) is 14.3. The fourth-order valence-corrected chi connectivity index (χ4v) is 4.25. The van der Waals surface area contributed by atoms with Crippen molar-refractivity contribution in [1.29, 1.82) is 0 Å². The van der Waals surface area contributed by atoms with Gasteiger partial charge in [0.25, 0.3) is 5.91 Å². The molecule has 2 aromatic carbocycles. The van der Waals surface area contributed by atoms with E-state index in [-0.39, 0.29) is 5.91 Å². The Kier molecular flexibility index (Phi) is 4.72. The molecule has 2 aliphatic heterocycles. The van der Waals surface area contributed by atoms with Crippen LogP contribution in [0.2, 0.25) is 0 Å². The van der Waals surface area contributed by atoms with Crippen molar-refractivity contribution >= 4 is 17.4 Å². The average Bonchev–Trinajstić information content (AvgIpc) is 3.34. The van der Waals surface area contributed by atoms with E-state index in [4.69, 9.17) is 9.97 Å². The normalized spacial score (nSPS) is 16.0. The highest BCUT2D eigenvalue weighted by molar-refractivity contribution is 6.06. The van der Waals surface area contributed by atoms with E-state index < -0.39 is 0 Å². The zero-order valence-corrected chi connectivity index (χ0v) is 16.4. The molecule has 146 valence electrons. The Hall–Kier alpha value is -3.21. The van der Waals surface area contributed by atoms with Gasteiger partial charge in [-0.25, -0.2) is 9.97 Å². The summed E-state index contributed by atoms with van der Waals surface area (Å²) in [5.41, 5.74) is 3.63. The number of aryl methyl sites for hydroxylation is 1. The molecule has 5 rings (SSSR count). The third-order valence-corrected chi connectivity index (χ3v) is 5.75. The smallest absolute Gasteiger partial charge is 0.277 e. The molecule has 5 nitrogen and oxygen atoms in total. The second-order valence-electron chi connectivity index (χ2n) is 7.68. The highest BCUT2D eigenvalue weighted by atomic mass is 16.2. The molecule has 1 aromatic heterocycles. The maximum Gasteiger partial charge on any atom is 0.277 e. The molecule has 29 heavy (non-hydrogen) atoms. The van der Waals surface area contributed by atoms with Crippen molar-refractivity contribution in [3.63, 3.8) is 0 Å². The lowest BCUT2D eigenvalue weighted by molar-refractivity contribution is 0.0980. The number of nitrogens with zero attached hydrogens (tertiary/aromatic N) is 4. The minimum Gasteiger partial charge on any atom is -0.356 e. The first kappa shape index (κ1) is 17.9. The van der Waals surface area contributed by atoms with Crippen molar-refractivity contribution in [2.24, 2.45) is 0 Å². The van der Waals surface area contributed by atoms with Gasteiger partial charge in [0.05, 0.1) is 0 Å². The van der Waals surface area contributed by atoms with Gasteiger partial charge in [-0.05, 0) is 37.3 Å². The van der Waals surface area contributed by atoms with Gasteiger partial charge in [0.2, 0.25) is 0 Å². The first-order valence-corrected chi connectivity index (χ1v) is 10.4. The van der Waals surface area contributed by atoms with E-state index in [0.29, 0.717) is 11.5 Å². The van der Waals surface area contributed by atoms with Crippen LogP contribution in [0.4, 0.5) is 11.5 Å². The van der Waals surface area contributed by atoms with Gasteiger partial charge in [0.15, 0.2) is 5.82 Å². The van der Waals surface area contributed by atoms with Gasteiger partial charge >= 0.3 is 0 Å². The molecule has 0 spiro atoms. The lowest BCUT2D eigenvalue weighted by Gasteiger charge is -2.29. The Morgan fingerprint density at radius 3 is 2.41 bits per heavy atom. The van der Waals surface area contributed by atoms with Gasteiger partial charge in [0.1, 0.15) is 11.5 Å². The molecular formula is C24H24N4O. The van der Waals surface area contributed by atoms with Crippen LogP contribution in [0.3, 0.4) is 0 Å². The molecule has 1 saturated heterocycles. The van der Waals surface area contributed by atoms with Crippen LogP contribution in [0.5, 0.6) is 0 Å². The number of carbonyl (C=O) groups is 1. The van der Waals surface area contributed by atoms with E-state index in [0.717, 1.165) is 62.4 Å². The molecule has 1 amide bonds. The average molecular weight is 384 g/mol. The second kappa shape index (κ2) is 7.66. The standard InChI is InChI=1S/C24H24N4O/c29-24(28-16-8-12-18-9-4-5-13-21(18)28)20-17-22(27-14-6-7-15-27)26-23(25-20)19-10-2-1-3-11-19/h1-5,9-11,13,17H,6-8,12,14-16H2. The van der Waals surface area contributed by atoms with E-state index >= 15 is 0 Å². The van der Waals surface area contributed by atoms with Crippen molar-refractivity contribution in [2.45, 2.75) is 25.7 Å². The predicted molar refractivity (Wildman–Crippen MR) is 115 cm³/mol. The van der Waals surface area contributed by atoms with Gasteiger partial charge in [-0.2, -0.15) is 0 Å². The fourth-order valence-electron chi connectivity index (χ4n) is 4.25. The number of carbonyl (C=O) groups excluding carboxylic acids is 1. The summed E-state index contributed by atoms with van der Waals surface area (Å²) in [7, 11) is 0. The summed E-state index contributed by atoms with van der Waals surface area (Å²) >= 11 is 0. The summed E-state index contributed by atoms with van der Waals surface area (Å²) in [6.07, 6.45) is 4.30. The zero-order chi connectivity index (χ0) is 19.6. The van der Waals surface area contributed by atoms with Gasteiger partial charge in [0, 0.05) is 37.0 Å². The molecule has 1 fully saturated rings. The lowest BCUT2D eigenvalue weighted by Crippen LogP contribution is -2.36. The molecule has 0 N–H and O–H groups in total. The number of hydrogen-bond donors (Lipinski definition) is 0. The van der Waals surface area contributed by atoms with Crippen molar-refractivity contribution in [3.8, 4) is 11.4 Å². The summed E-state index contributed by atoms with van der Waals surface area (Å²) in [6, 6.07) is 20.0. The van der Waals surface area contributed by atoms with E-state index in [1.165, 1.54) is 5.56 Å². The minimum atomic E-state index is -0.0443. The van der Waals surface area contributed by atoms with E-state index in [2.05, 4.69) is 11.0 Å². The predicted octanol–water partition coefficient (Wildman–Crippen LogP) is 4.34. The van der Waals surface area contributed by atoms with Crippen molar-refractivity contribution in [2.75, 3.05) is 29.4 Å². The summed E-state index contributed by atoms with van der Waals surface area (Å²) in [5, 5.41) is 0. The molecular weight excluding hydrogens is 360 g/mol. The van der Waals surface area contributed by atoms with Crippen LogP contribution in [-0.2, 0) is 6.42 Å². The van der Waals surface area contributed by atoms with Crippen LogP contribution in [0.1, 0.15) is 35.3 Å². The third-order valence-electron chi connectivity index (χ3n) is 5.75. The highest BCUT2D eigenvalue weighted by Gasteiger charge is 2.26. The third kappa shape index (κ3) is 3.48. The Morgan fingerprint density at radius 2 is 1.59 bits per heavy atom. The minimum absolute atomic E-state index is 0.0443. The van der Waals surface area contributed by atoms with Gasteiger partial charge in [-0.15, -0.1) is 0 Å². The SMILES string of the molecule is O=C(c1cc(N2CCCC2)nc(-c2ccccc2)n1)N1CCCc2ccccc21. The fraction of sp³-hybridized carbons (Fsp3) is 0.292. The molecule has 0 radical (unpaired) electrons. The van der Waals surface area contributed by atoms with Crippen molar-refractivity contribution < 1.29 is 4.79 Å². The molecule has 3 aromatic rings. The quantitative estimate of drug-likeness (QED) is 0.674. The number of para-hydroxylation sites is 1. The van der Waals surface area contributed by atoms with Crippen LogP contribution >= 0.6 is 0 Å². The molecule has 0 atom stereocenters. The van der Waals surface area contributed by atoms with E-state index in [1.807, 2.05) is 59.5 Å². The van der Waals surface area contributed by atoms with E-state index in [1.54, 1.807) is 0 Å². The molecule has 3 heterocycles. The topological polar surface area (TPSA) is 49.3 Å². The van der Waals surface area contributed by atoms with Gasteiger partial charge < -0.3 is 9.80 Å². The molecule has 5 heteroatoms. The molecule has 0 unspecified atom stereocenters. The largest absolute Gasteiger partial charge is 0.356 e. The number of amides is 1. The number of fused-ring (bicyclic) bond motifs is 1.